The summed E-state index contributed by atoms with van der Waals surface area (Å²) in [5, 5.41) is 0. The van der Waals surface area contributed by atoms with Crippen LogP contribution in [0.5, 0.6) is 0 Å². The predicted octanol–water partition coefficient (Wildman–Crippen LogP) is 2.47. The molecule has 0 N–H and O–H groups in total. The molecular formula is C17H18F2N2O2S. The molecule has 0 radical (unpaired) electrons. The number of sulfonamides is 1. The van der Waals surface area contributed by atoms with E-state index in [1.807, 2.05) is 4.90 Å². The van der Waals surface area contributed by atoms with E-state index in [9.17, 15) is 17.2 Å². The van der Waals surface area contributed by atoms with Crippen LogP contribution in [0.2, 0.25) is 0 Å². The van der Waals surface area contributed by atoms with Crippen LogP contribution >= 0.6 is 0 Å². The first-order chi connectivity index (χ1) is 11.5. The summed E-state index contributed by atoms with van der Waals surface area (Å²) in [6, 6.07) is 11.9. The molecule has 2 aromatic carbocycles. The van der Waals surface area contributed by atoms with Crippen LogP contribution in [0.1, 0.15) is 5.56 Å². The van der Waals surface area contributed by atoms with E-state index in [0.717, 1.165) is 6.07 Å². The molecule has 7 heteroatoms. The molecule has 1 fully saturated rings. The number of halogens is 2. The van der Waals surface area contributed by atoms with E-state index in [-0.39, 0.29) is 23.8 Å². The second-order valence-corrected chi connectivity index (χ2v) is 7.61. The molecule has 3 rings (SSSR count). The predicted molar refractivity (Wildman–Crippen MR) is 86.8 cm³/mol. The first-order valence-electron chi connectivity index (χ1n) is 7.69. The van der Waals surface area contributed by atoms with Crippen molar-refractivity contribution in [2.24, 2.45) is 0 Å². The lowest BCUT2D eigenvalue weighted by molar-refractivity contribution is 0.179. The SMILES string of the molecule is O=S(=O)(c1ccccc1F)N1CCN(Cc2ccccc2F)CC1. The highest BCUT2D eigenvalue weighted by molar-refractivity contribution is 7.89. The number of rotatable bonds is 4. The zero-order valence-corrected chi connectivity index (χ0v) is 13.8. The molecule has 4 nitrogen and oxygen atoms in total. The Kier molecular flexibility index (Phi) is 4.93. The third kappa shape index (κ3) is 3.48. The molecule has 1 heterocycles. The van der Waals surface area contributed by atoms with E-state index >= 15 is 0 Å². The summed E-state index contributed by atoms with van der Waals surface area (Å²) in [7, 11) is -3.84. The van der Waals surface area contributed by atoms with Crippen molar-refractivity contribution in [3.8, 4) is 0 Å². The Bertz CT molecular complexity index is 819. The van der Waals surface area contributed by atoms with Crippen LogP contribution in [0.15, 0.2) is 53.4 Å². The van der Waals surface area contributed by atoms with Crippen LogP contribution < -0.4 is 0 Å². The monoisotopic (exact) mass is 352 g/mol. The van der Waals surface area contributed by atoms with E-state index in [1.54, 1.807) is 18.2 Å². The van der Waals surface area contributed by atoms with Crippen molar-refractivity contribution < 1.29 is 17.2 Å². The summed E-state index contributed by atoms with van der Waals surface area (Å²) in [5.74, 6) is -1.01. The van der Waals surface area contributed by atoms with E-state index in [1.165, 1.54) is 28.6 Å². The Morgan fingerprint density at radius 3 is 2.04 bits per heavy atom. The summed E-state index contributed by atoms with van der Waals surface area (Å²) in [4.78, 5) is 1.69. The first-order valence-corrected chi connectivity index (χ1v) is 9.13. The van der Waals surface area contributed by atoms with E-state index < -0.39 is 15.8 Å². The minimum Gasteiger partial charge on any atom is -0.296 e. The van der Waals surface area contributed by atoms with Crippen LogP contribution in [0.25, 0.3) is 0 Å². The van der Waals surface area contributed by atoms with Gasteiger partial charge < -0.3 is 0 Å². The fourth-order valence-electron chi connectivity index (χ4n) is 2.79. The third-order valence-electron chi connectivity index (χ3n) is 4.14. The summed E-state index contributed by atoms with van der Waals surface area (Å²) in [5.41, 5.74) is 0.586. The van der Waals surface area contributed by atoms with Crippen LogP contribution in [-0.4, -0.2) is 43.8 Å². The Morgan fingerprint density at radius 2 is 1.42 bits per heavy atom. The number of hydrogen-bond donors (Lipinski definition) is 0. The molecule has 0 aromatic heterocycles. The van der Waals surface area contributed by atoms with Crippen molar-refractivity contribution in [2.45, 2.75) is 11.4 Å². The van der Waals surface area contributed by atoms with Gasteiger partial charge in [-0.1, -0.05) is 30.3 Å². The average molecular weight is 352 g/mol. The van der Waals surface area contributed by atoms with Crippen LogP contribution in [0, 0.1) is 11.6 Å². The Balaban J connectivity index is 1.67. The maximum atomic E-state index is 13.8. The topological polar surface area (TPSA) is 40.6 Å². The average Bonchev–Trinajstić information content (AvgIpc) is 2.58. The lowest BCUT2D eigenvalue weighted by Gasteiger charge is -2.34. The molecule has 1 saturated heterocycles. The largest absolute Gasteiger partial charge is 0.296 e. The number of benzene rings is 2. The maximum Gasteiger partial charge on any atom is 0.246 e. The summed E-state index contributed by atoms with van der Waals surface area (Å²) < 4.78 is 53.8. The van der Waals surface area contributed by atoms with Gasteiger partial charge in [0, 0.05) is 38.3 Å². The number of hydrogen-bond acceptors (Lipinski definition) is 3. The molecule has 0 bridgehead atoms. The standard InChI is InChI=1S/C17H18F2N2O2S/c18-15-6-2-1-5-14(15)13-20-9-11-21(12-10-20)24(22,23)17-8-4-3-7-16(17)19/h1-8H,9-13H2. The van der Waals surface area contributed by atoms with Gasteiger partial charge in [0.15, 0.2) is 0 Å². The van der Waals surface area contributed by atoms with Gasteiger partial charge in [-0.25, -0.2) is 17.2 Å². The zero-order chi connectivity index (χ0) is 17.2. The molecule has 2 aromatic rings. The van der Waals surface area contributed by atoms with Crippen molar-refractivity contribution in [3.05, 3.63) is 65.7 Å². The van der Waals surface area contributed by atoms with Crippen molar-refractivity contribution >= 4 is 10.0 Å². The van der Waals surface area contributed by atoms with Crippen molar-refractivity contribution in [3.63, 3.8) is 0 Å². The minimum absolute atomic E-state index is 0.255. The molecule has 1 aliphatic rings. The van der Waals surface area contributed by atoms with Crippen molar-refractivity contribution in [1.82, 2.24) is 9.21 Å². The van der Waals surface area contributed by atoms with Crippen molar-refractivity contribution in [1.29, 1.82) is 0 Å². The molecule has 0 spiro atoms. The van der Waals surface area contributed by atoms with Gasteiger partial charge in [-0.3, -0.25) is 4.90 Å². The Morgan fingerprint density at radius 1 is 0.833 bits per heavy atom. The van der Waals surface area contributed by atoms with Gasteiger partial charge in [-0.2, -0.15) is 4.31 Å². The summed E-state index contributed by atoms with van der Waals surface area (Å²) in [6.07, 6.45) is 0. The van der Waals surface area contributed by atoms with E-state index in [2.05, 4.69) is 0 Å². The van der Waals surface area contributed by atoms with Gasteiger partial charge in [-0.05, 0) is 18.2 Å². The lowest BCUT2D eigenvalue weighted by Crippen LogP contribution is -2.48. The molecule has 0 amide bonds. The molecule has 0 unspecified atom stereocenters. The second-order valence-electron chi connectivity index (χ2n) is 5.70. The highest BCUT2D eigenvalue weighted by Gasteiger charge is 2.30. The lowest BCUT2D eigenvalue weighted by atomic mass is 10.2. The molecule has 0 atom stereocenters. The summed E-state index contributed by atoms with van der Waals surface area (Å²) >= 11 is 0. The van der Waals surface area contributed by atoms with Gasteiger partial charge >= 0.3 is 0 Å². The zero-order valence-electron chi connectivity index (χ0n) is 13.0. The molecule has 0 saturated carbocycles. The maximum absolute atomic E-state index is 13.8. The molecule has 0 aliphatic carbocycles. The van der Waals surface area contributed by atoms with Crippen LogP contribution in [0.3, 0.4) is 0 Å². The molecule has 128 valence electrons. The smallest absolute Gasteiger partial charge is 0.246 e. The first kappa shape index (κ1) is 17.0. The number of piperazine rings is 1. The Labute approximate surface area is 140 Å². The van der Waals surface area contributed by atoms with Gasteiger partial charge in [0.05, 0.1) is 0 Å². The molecule has 24 heavy (non-hydrogen) atoms. The fourth-order valence-corrected chi connectivity index (χ4v) is 4.28. The number of nitrogens with zero attached hydrogens (tertiary/aromatic N) is 2. The van der Waals surface area contributed by atoms with E-state index in [0.29, 0.717) is 25.2 Å². The second kappa shape index (κ2) is 6.96. The highest BCUT2D eigenvalue weighted by atomic mass is 32.2. The molecule has 1 aliphatic heterocycles. The van der Waals surface area contributed by atoms with Gasteiger partial charge in [-0.15, -0.1) is 0 Å². The normalized spacial score (nSPS) is 17.1. The Hall–Kier alpha value is -1.83. The van der Waals surface area contributed by atoms with E-state index in [4.69, 9.17) is 0 Å². The molecular weight excluding hydrogens is 334 g/mol. The summed E-state index contributed by atoms with van der Waals surface area (Å²) in [6.45, 7) is 1.89. The van der Waals surface area contributed by atoms with Crippen molar-refractivity contribution in [2.75, 3.05) is 26.2 Å². The highest BCUT2D eigenvalue weighted by Crippen LogP contribution is 2.21. The quantitative estimate of drug-likeness (QED) is 0.849. The fraction of sp³-hybridized carbons (Fsp3) is 0.294. The van der Waals surface area contributed by atoms with Crippen LogP contribution in [-0.2, 0) is 16.6 Å². The minimum atomic E-state index is -3.84. The van der Waals surface area contributed by atoms with Gasteiger partial charge in [0.25, 0.3) is 0 Å². The van der Waals surface area contributed by atoms with Gasteiger partial charge in [0.1, 0.15) is 16.5 Å². The third-order valence-corrected chi connectivity index (χ3v) is 6.07. The van der Waals surface area contributed by atoms with Crippen LogP contribution in [0.4, 0.5) is 8.78 Å². The van der Waals surface area contributed by atoms with Gasteiger partial charge in [0.2, 0.25) is 10.0 Å².